The molecule has 0 aliphatic carbocycles. The van der Waals surface area contributed by atoms with Gasteiger partial charge in [-0.1, -0.05) is 30.3 Å². The Kier molecular flexibility index (Phi) is 4.71. The zero-order valence-corrected chi connectivity index (χ0v) is 14.2. The Balaban J connectivity index is 1.81. The maximum Gasteiger partial charge on any atom is 0.298 e. The number of thioether (sulfide) groups is 1. The summed E-state index contributed by atoms with van der Waals surface area (Å²) < 4.78 is 5.60. The lowest BCUT2D eigenvalue weighted by Gasteiger charge is -2.11. The average molecular weight is 339 g/mol. The van der Waals surface area contributed by atoms with Crippen LogP contribution in [0.5, 0.6) is 5.75 Å². The molecule has 122 valence electrons. The summed E-state index contributed by atoms with van der Waals surface area (Å²) in [4.78, 5) is 26.3. The SMILES string of the molecule is CC(C)Oc1ccc(/C=C2\SC(=O)N(c3ccccc3)C2=O)cc1. The van der Waals surface area contributed by atoms with Crippen LogP contribution in [-0.4, -0.2) is 17.3 Å². The highest BCUT2D eigenvalue weighted by atomic mass is 32.2. The molecule has 1 aliphatic rings. The summed E-state index contributed by atoms with van der Waals surface area (Å²) in [6.07, 6.45) is 1.84. The second kappa shape index (κ2) is 6.93. The molecule has 3 rings (SSSR count). The molecule has 24 heavy (non-hydrogen) atoms. The average Bonchev–Trinajstić information content (AvgIpc) is 2.83. The number of ether oxygens (including phenoxy) is 1. The van der Waals surface area contributed by atoms with Gasteiger partial charge >= 0.3 is 0 Å². The summed E-state index contributed by atoms with van der Waals surface area (Å²) in [5, 5.41) is -0.280. The fourth-order valence-electron chi connectivity index (χ4n) is 2.33. The Morgan fingerprint density at radius 2 is 1.67 bits per heavy atom. The zero-order chi connectivity index (χ0) is 17.1. The van der Waals surface area contributed by atoms with Gasteiger partial charge in [0, 0.05) is 0 Å². The summed E-state index contributed by atoms with van der Waals surface area (Å²) in [7, 11) is 0. The molecule has 1 saturated heterocycles. The van der Waals surface area contributed by atoms with Crippen molar-refractivity contribution in [3.05, 3.63) is 65.1 Å². The monoisotopic (exact) mass is 339 g/mol. The molecule has 0 aromatic heterocycles. The van der Waals surface area contributed by atoms with Crippen LogP contribution < -0.4 is 9.64 Å². The fraction of sp³-hybridized carbons (Fsp3) is 0.158. The number of nitrogens with zero attached hydrogens (tertiary/aromatic N) is 1. The van der Waals surface area contributed by atoms with Gasteiger partial charge in [0.2, 0.25) is 0 Å². The van der Waals surface area contributed by atoms with Crippen LogP contribution in [0.25, 0.3) is 6.08 Å². The van der Waals surface area contributed by atoms with Crippen LogP contribution in [0.4, 0.5) is 10.5 Å². The molecule has 1 heterocycles. The van der Waals surface area contributed by atoms with Crippen molar-refractivity contribution >= 4 is 34.7 Å². The molecule has 1 aliphatic heterocycles. The lowest BCUT2D eigenvalue weighted by Crippen LogP contribution is -2.27. The van der Waals surface area contributed by atoms with E-state index in [1.807, 2.05) is 44.2 Å². The number of rotatable bonds is 4. The number of amides is 2. The summed E-state index contributed by atoms with van der Waals surface area (Å²) in [5.74, 6) is 0.484. The quantitative estimate of drug-likeness (QED) is 0.757. The Morgan fingerprint density at radius 3 is 2.29 bits per heavy atom. The molecule has 0 bridgehead atoms. The van der Waals surface area contributed by atoms with Crippen molar-refractivity contribution < 1.29 is 14.3 Å². The molecular weight excluding hydrogens is 322 g/mol. The maximum absolute atomic E-state index is 12.5. The fourth-order valence-corrected chi connectivity index (χ4v) is 3.17. The van der Waals surface area contributed by atoms with E-state index < -0.39 is 0 Å². The van der Waals surface area contributed by atoms with Crippen molar-refractivity contribution in [3.8, 4) is 5.75 Å². The first kappa shape index (κ1) is 16.3. The number of para-hydroxylation sites is 1. The number of anilines is 1. The van der Waals surface area contributed by atoms with Crippen molar-refractivity contribution in [2.45, 2.75) is 20.0 Å². The van der Waals surface area contributed by atoms with E-state index in [2.05, 4.69) is 0 Å². The van der Waals surface area contributed by atoms with Crippen LogP contribution in [-0.2, 0) is 4.79 Å². The van der Waals surface area contributed by atoms with Gasteiger partial charge in [-0.15, -0.1) is 0 Å². The largest absolute Gasteiger partial charge is 0.491 e. The van der Waals surface area contributed by atoms with Gasteiger partial charge in [-0.2, -0.15) is 0 Å². The van der Waals surface area contributed by atoms with Crippen molar-refractivity contribution in [2.75, 3.05) is 4.90 Å². The first-order chi connectivity index (χ1) is 11.5. The summed E-state index contributed by atoms with van der Waals surface area (Å²) in [5.41, 5.74) is 1.44. The molecule has 2 aromatic rings. The minimum Gasteiger partial charge on any atom is -0.491 e. The number of hydrogen-bond donors (Lipinski definition) is 0. The maximum atomic E-state index is 12.5. The number of hydrogen-bond acceptors (Lipinski definition) is 4. The number of carbonyl (C=O) groups is 2. The number of carbonyl (C=O) groups excluding carboxylic acids is 2. The molecule has 2 aromatic carbocycles. The zero-order valence-electron chi connectivity index (χ0n) is 13.4. The second-order valence-electron chi connectivity index (χ2n) is 5.59. The third kappa shape index (κ3) is 3.51. The summed E-state index contributed by atoms with van der Waals surface area (Å²) in [6.45, 7) is 3.93. The minimum atomic E-state index is -0.293. The highest BCUT2D eigenvalue weighted by molar-refractivity contribution is 8.19. The first-order valence-corrected chi connectivity index (χ1v) is 8.46. The molecular formula is C19H17NO3S. The van der Waals surface area contributed by atoms with E-state index in [0.29, 0.717) is 10.6 Å². The Labute approximate surface area is 145 Å². The summed E-state index contributed by atoms with van der Waals surface area (Å²) >= 11 is 0.954. The molecule has 0 spiro atoms. The second-order valence-corrected chi connectivity index (χ2v) is 6.58. The first-order valence-electron chi connectivity index (χ1n) is 7.64. The molecule has 0 radical (unpaired) electrons. The third-order valence-corrected chi connectivity index (χ3v) is 4.23. The molecule has 5 heteroatoms. The Morgan fingerprint density at radius 1 is 1.00 bits per heavy atom. The van der Waals surface area contributed by atoms with Crippen LogP contribution >= 0.6 is 11.8 Å². The van der Waals surface area contributed by atoms with Gasteiger partial charge in [-0.25, -0.2) is 4.90 Å². The van der Waals surface area contributed by atoms with Gasteiger partial charge in [-0.3, -0.25) is 9.59 Å². The smallest absolute Gasteiger partial charge is 0.298 e. The van der Waals surface area contributed by atoms with Gasteiger partial charge in [0.05, 0.1) is 16.7 Å². The Hall–Kier alpha value is -2.53. The van der Waals surface area contributed by atoms with Crippen LogP contribution in [0.1, 0.15) is 19.4 Å². The molecule has 0 unspecified atom stereocenters. The highest BCUT2D eigenvalue weighted by Gasteiger charge is 2.36. The van der Waals surface area contributed by atoms with Crippen molar-refractivity contribution in [1.82, 2.24) is 0 Å². The van der Waals surface area contributed by atoms with Gasteiger partial charge in [-0.05, 0) is 61.5 Å². The van der Waals surface area contributed by atoms with E-state index >= 15 is 0 Å². The standard InChI is InChI=1S/C19H17NO3S/c1-13(2)23-16-10-8-14(9-11-16)12-17-18(21)20(19(22)24-17)15-6-4-3-5-7-15/h3-13H,1-2H3/b17-12-. The van der Waals surface area contributed by atoms with Crippen molar-refractivity contribution in [2.24, 2.45) is 0 Å². The normalized spacial score (nSPS) is 16.3. The Bertz CT molecular complexity index is 782. The lowest BCUT2D eigenvalue weighted by molar-refractivity contribution is -0.113. The number of imide groups is 1. The van der Waals surface area contributed by atoms with Crippen LogP contribution in [0.3, 0.4) is 0 Å². The molecule has 0 atom stereocenters. The molecule has 0 saturated carbocycles. The minimum absolute atomic E-state index is 0.109. The van der Waals surface area contributed by atoms with E-state index in [1.165, 1.54) is 4.90 Å². The van der Waals surface area contributed by atoms with Gasteiger partial charge in [0.15, 0.2) is 0 Å². The van der Waals surface area contributed by atoms with Gasteiger partial charge in [0.25, 0.3) is 11.1 Å². The number of benzene rings is 2. The van der Waals surface area contributed by atoms with Crippen LogP contribution in [0.2, 0.25) is 0 Å². The predicted molar refractivity (Wildman–Crippen MR) is 97.1 cm³/mol. The predicted octanol–water partition coefficient (Wildman–Crippen LogP) is 4.71. The van der Waals surface area contributed by atoms with E-state index in [0.717, 1.165) is 23.1 Å². The topological polar surface area (TPSA) is 46.6 Å². The summed E-state index contributed by atoms with van der Waals surface area (Å²) in [6, 6.07) is 16.4. The van der Waals surface area contributed by atoms with E-state index in [1.54, 1.807) is 30.3 Å². The molecule has 4 nitrogen and oxygen atoms in total. The van der Waals surface area contributed by atoms with E-state index in [9.17, 15) is 9.59 Å². The van der Waals surface area contributed by atoms with Crippen molar-refractivity contribution in [1.29, 1.82) is 0 Å². The van der Waals surface area contributed by atoms with E-state index in [-0.39, 0.29) is 17.3 Å². The molecule has 1 fully saturated rings. The van der Waals surface area contributed by atoms with Crippen molar-refractivity contribution in [3.63, 3.8) is 0 Å². The molecule has 0 N–H and O–H groups in total. The van der Waals surface area contributed by atoms with E-state index in [4.69, 9.17) is 4.74 Å². The third-order valence-electron chi connectivity index (χ3n) is 3.36. The van der Waals surface area contributed by atoms with Gasteiger partial charge in [0.1, 0.15) is 5.75 Å². The highest BCUT2D eigenvalue weighted by Crippen LogP contribution is 2.35. The van der Waals surface area contributed by atoms with Crippen LogP contribution in [0, 0.1) is 0 Å². The van der Waals surface area contributed by atoms with Crippen LogP contribution in [0.15, 0.2) is 59.5 Å². The lowest BCUT2D eigenvalue weighted by atomic mass is 10.2. The molecule has 2 amide bonds. The van der Waals surface area contributed by atoms with Gasteiger partial charge < -0.3 is 4.74 Å².